The van der Waals surface area contributed by atoms with E-state index in [1.54, 1.807) is 6.20 Å². The number of imidazole rings is 1. The quantitative estimate of drug-likeness (QED) is 0.490. The number of hydrogen-bond donors (Lipinski definition) is 1. The number of hydrogen-bond acceptors (Lipinski definition) is 3. The molecule has 0 aliphatic rings. The Balaban J connectivity index is 1.72. The molecule has 0 radical (unpaired) electrons. The number of rotatable bonds is 2. The number of fused-ring (bicyclic) bond motifs is 1. The van der Waals surface area contributed by atoms with E-state index in [2.05, 4.69) is 35.9 Å². The zero-order valence-electron chi connectivity index (χ0n) is 12.7. The van der Waals surface area contributed by atoms with Crippen LogP contribution < -0.4 is 0 Å². The molecular weight excluding hydrogens is 388 g/mol. The van der Waals surface area contributed by atoms with Gasteiger partial charge in [-0.05, 0) is 40.5 Å². The standard InChI is InChI=1S/C18H12BrClN4/c1-10-6-14(20)16(21-8-10)11-2-4-12(5-3-11)17-23-15-7-13(19)9-22-18(15)24-17/h2-9H,1H3,(H,22,23,24). The minimum absolute atomic E-state index is 0.653. The average molecular weight is 400 g/mol. The number of nitrogens with zero attached hydrogens (tertiary/aromatic N) is 3. The first-order chi connectivity index (χ1) is 11.6. The Morgan fingerprint density at radius 1 is 1.00 bits per heavy atom. The highest BCUT2D eigenvalue weighted by Crippen LogP contribution is 2.28. The van der Waals surface area contributed by atoms with Gasteiger partial charge in [-0.1, -0.05) is 35.9 Å². The van der Waals surface area contributed by atoms with Gasteiger partial charge < -0.3 is 4.98 Å². The molecule has 0 bridgehead atoms. The zero-order valence-corrected chi connectivity index (χ0v) is 15.1. The summed E-state index contributed by atoms with van der Waals surface area (Å²) in [5, 5.41) is 0.653. The summed E-state index contributed by atoms with van der Waals surface area (Å²) in [5.74, 6) is 0.783. The lowest BCUT2D eigenvalue weighted by atomic mass is 10.1. The summed E-state index contributed by atoms with van der Waals surface area (Å²) in [7, 11) is 0. The van der Waals surface area contributed by atoms with Crippen molar-refractivity contribution in [3.63, 3.8) is 0 Å². The molecule has 0 saturated carbocycles. The van der Waals surface area contributed by atoms with Crippen molar-refractivity contribution < 1.29 is 0 Å². The predicted molar refractivity (Wildman–Crippen MR) is 100 cm³/mol. The summed E-state index contributed by atoms with van der Waals surface area (Å²) in [5.41, 5.74) is 5.37. The minimum Gasteiger partial charge on any atom is -0.337 e. The van der Waals surface area contributed by atoms with Gasteiger partial charge in [-0.15, -0.1) is 0 Å². The SMILES string of the molecule is Cc1cnc(-c2ccc(-c3nc4ncc(Br)cc4[nH]3)cc2)c(Cl)c1. The molecule has 3 aromatic heterocycles. The summed E-state index contributed by atoms with van der Waals surface area (Å²) in [4.78, 5) is 16.5. The molecule has 118 valence electrons. The molecule has 0 saturated heterocycles. The number of nitrogens with one attached hydrogen (secondary N) is 1. The summed E-state index contributed by atoms with van der Waals surface area (Å²) in [6.07, 6.45) is 3.55. The molecular formula is C18H12BrClN4. The van der Waals surface area contributed by atoms with E-state index in [0.29, 0.717) is 10.7 Å². The maximum absolute atomic E-state index is 6.30. The second-order valence-corrected chi connectivity index (χ2v) is 6.85. The topological polar surface area (TPSA) is 54.5 Å². The smallest absolute Gasteiger partial charge is 0.178 e. The van der Waals surface area contributed by atoms with Gasteiger partial charge in [0.25, 0.3) is 0 Å². The molecule has 1 aromatic carbocycles. The van der Waals surface area contributed by atoms with E-state index < -0.39 is 0 Å². The summed E-state index contributed by atoms with van der Waals surface area (Å²) in [6, 6.07) is 11.9. The van der Waals surface area contributed by atoms with Crippen LogP contribution in [0.2, 0.25) is 5.02 Å². The Kier molecular flexibility index (Phi) is 3.82. The van der Waals surface area contributed by atoms with Gasteiger partial charge in [0.05, 0.1) is 16.2 Å². The van der Waals surface area contributed by atoms with Crippen LogP contribution in [-0.2, 0) is 0 Å². The van der Waals surface area contributed by atoms with Crippen LogP contribution in [0.4, 0.5) is 0 Å². The third-order valence-corrected chi connectivity index (χ3v) is 4.44. The molecule has 0 aliphatic heterocycles. The molecule has 6 heteroatoms. The van der Waals surface area contributed by atoms with Crippen molar-refractivity contribution in [2.45, 2.75) is 6.92 Å². The Labute approximate surface area is 152 Å². The number of pyridine rings is 2. The Hall–Kier alpha value is -2.24. The Morgan fingerprint density at radius 2 is 1.75 bits per heavy atom. The fourth-order valence-electron chi connectivity index (χ4n) is 2.54. The molecule has 0 amide bonds. The molecule has 3 heterocycles. The van der Waals surface area contributed by atoms with Gasteiger partial charge in [-0.2, -0.15) is 0 Å². The van der Waals surface area contributed by atoms with Crippen molar-refractivity contribution in [1.29, 1.82) is 0 Å². The van der Waals surface area contributed by atoms with Crippen molar-refractivity contribution in [2.24, 2.45) is 0 Å². The molecule has 24 heavy (non-hydrogen) atoms. The van der Waals surface area contributed by atoms with E-state index in [4.69, 9.17) is 11.6 Å². The zero-order chi connectivity index (χ0) is 16.7. The Bertz CT molecular complexity index is 1040. The highest BCUT2D eigenvalue weighted by atomic mass is 79.9. The third kappa shape index (κ3) is 2.81. The van der Waals surface area contributed by atoms with Gasteiger partial charge in [0.2, 0.25) is 0 Å². The monoisotopic (exact) mass is 398 g/mol. The van der Waals surface area contributed by atoms with Crippen molar-refractivity contribution in [3.8, 4) is 22.6 Å². The fourth-order valence-corrected chi connectivity index (χ4v) is 3.20. The van der Waals surface area contributed by atoms with Crippen molar-refractivity contribution in [2.75, 3.05) is 0 Å². The highest BCUT2D eigenvalue weighted by molar-refractivity contribution is 9.10. The van der Waals surface area contributed by atoms with E-state index >= 15 is 0 Å². The van der Waals surface area contributed by atoms with Crippen LogP contribution in [0.25, 0.3) is 33.8 Å². The number of H-pyrrole nitrogens is 1. The lowest BCUT2D eigenvalue weighted by Gasteiger charge is -2.05. The highest BCUT2D eigenvalue weighted by Gasteiger charge is 2.09. The van der Waals surface area contributed by atoms with E-state index in [9.17, 15) is 0 Å². The number of benzene rings is 1. The first kappa shape index (κ1) is 15.3. The lowest BCUT2D eigenvalue weighted by molar-refractivity contribution is 1.27. The molecule has 1 N–H and O–H groups in total. The van der Waals surface area contributed by atoms with Crippen LogP contribution in [0.1, 0.15) is 5.56 Å². The molecule has 0 aliphatic carbocycles. The van der Waals surface area contributed by atoms with E-state index in [1.165, 1.54) is 0 Å². The second-order valence-electron chi connectivity index (χ2n) is 5.53. The minimum atomic E-state index is 0.653. The van der Waals surface area contributed by atoms with Gasteiger partial charge in [-0.3, -0.25) is 4.98 Å². The molecule has 4 rings (SSSR count). The van der Waals surface area contributed by atoms with Gasteiger partial charge in [0, 0.05) is 28.0 Å². The maximum Gasteiger partial charge on any atom is 0.178 e. The van der Waals surface area contributed by atoms with Crippen LogP contribution >= 0.6 is 27.5 Å². The van der Waals surface area contributed by atoms with Gasteiger partial charge in [-0.25, -0.2) is 9.97 Å². The molecule has 4 aromatic rings. The third-order valence-electron chi connectivity index (χ3n) is 3.71. The van der Waals surface area contributed by atoms with Crippen LogP contribution in [0, 0.1) is 6.92 Å². The van der Waals surface area contributed by atoms with Crippen molar-refractivity contribution >= 4 is 38.7 Å². The summed E-state index contributed by atoms with van der Waals surface area (Å²) in [6.45, 7) is 1.97. The summed E-state index contributed by atoms with van der Waals surface area (Å²) < 4.78 is 0.917. The summed E-state index contributed by atoms with van der Waals surface area (Å²) >= 11 is 9.71. The van der Waals surface area contributed by atoms with Crippen LogP contribution in [0.15, 0.2) is 53.3 Å². The molecule has 4 nitrogen and oxygen atoms in total. The average Bonchev–Trinajstić information content (AvgIpc) is 2.98. The largest absolute Gasteiger partial charge is 0.337 e. The van der Waals surface area contributed by atoms with E-state index in [1.807, 2.05) is 49.5 Å². The van der Waals surface area contributed by atoms with Crippen molar-refractivity contribution in [1.82, 2.24) is 19.9 Å². The maximum atomic E-state index is 6.30. The van der Waals surface area contributed by atoms with Gasteiger partial charge in [0.1, 0.15) is 5.82 Å². The van der Waals surface area contributed by atoms with Crippen molar-refractivity contribution in [3.05, 3.63) is 63.9 Å². The second kappa shape index (κ2) is 6.00. The number of aromatic nitrogens is 4. The van der Waals surface area contributed by atoms with Crippen LogP contribution in [0.5, 0.6) is 0 Å². The molecule has 0 spiro atoms. The number of halogens is 2. The lowest BCUT2D eigenvalue weighted by Crippen LogP contribution is -1.87. The first-order valence-electron chi connectivity index (χ1n) is 7.34. The van der Waals surface area contributed by atoms with Crippen LogP contribution in [0.3, 0.4) is 0 Å². The number of aryl methyl sites for hydroxylation is 1. The van der Waals surface area contributed by atoms with E-state index in [-0.39, 0.29) is 0 Å². The first-order valence-corrected chi connectivity index (χ1v) is 8.51. The Morgan fingerprint density at radius 3 is 2.50 bits per heavy atom. The predicted octanol–water partition coefficient (Wildman–Crippen LogP) is 5.41. The normalized spacial score (nSPS) is 11.1. The molecule has 0 fully saturated rings. The van der Waals surface area contributed by atoms with Gasteiger partial charge in [0.15, 0.2) is 5.65 Å². The number of aromatic amines is 1. The molecule has 0 atom stereocenters. The fraction of sp³-hybridized carbons (Fsp3) is 0.0556. The molecule has 0 unspecified atom stereocenters. The van der Waals surface area contributed by atoms with Crippen LogP contribution in [-0.4, -0.2) is 19.9 Å². The van der Waals surface area contributed by atoms with Gasteiger partial charge >= 0.3 is 0 Å². The van der Waals surface area contributed by atoms with E-state index in [0.717, 1.165) is 38.2 Å².